The summed E-state index contributed by atoms with van der Waals surface area (Å²) in [5.41, 5.74) is 0.480. The molecule has 1 N–H and O–H groups in total. The van der Waals surface area contributed by atoms with Crippen LogP contribution in [0.5, 0.6) is 17.2 Å². The minimum Gasteiger partial charge on any atom is -0.493 e. The second-order valence-corrected chi connectivity index (χ2v) is 5.16. The summed E-state index contributed by atoms with van der Waals surface area (Å²) in [5, 5.41) is 3.11. The molecule has 1 aromatic carbocycles. The van der Waals surface area contributed by atoms with E-state index in [9.17, 15) is 4.79 Å². The summed E-state index contributed by atoms with van der Waals surface area (Å²) in [4.78, 5) is 10.5. The highest BCUT2D eigenvalue weighted by Gasteiger charge is 2.38. The molecule has 1 saturated heterocycles. The number of carbonyl (C=O) groups excluding carboxylic acids is 1. The van der Waals surface area contributed by atoms with E-state index in [0.29, 0.717) is 36.9 Å². The van der Waals surface area contributed by atoms with Crippen LogP contribution in [0.4, 0.5) is 0 Å². The average Bonchev–Trinajstić information content (AvgIpc) is 3.03. The van der Waals surface area contributed by atoms with Crippen molar-refractivity contribution < 1.29 is 23.7 Å². The zero-order valence-corrected chi connectivity index (χ0v) is 13.3. The lowest BCUT2D eigenvalue weighted by Crippen LogP contribution is -2.38. The number of hydrogen-bond acceptors (Lipinski definition) is 6. The minimum absolute atomic E-state index is 0.301. The Kier molecular flexibility index (Phi) is 5.63. The quantitative estimate of drug-likeness (QED) is 0.580. The monoisotopic (exact) mass is 309 g/mol. The maximum Gasteiger partial charge on any atom is 0.203 e. The van der Waals surface area contributed by atoms with Crippen molar-refractivity contribution >= 4 is 6.29 Å². The maximum absolute atomic E-state index is 10.5. The number of nitrogens with one attached hydrogen (secondary N) is 1. The smallest absolute Gasteiger partial charge is 0.203 e. The molecule has 1 unspecified atom stereocenters. The van der Waals surface area contributed by atoms with Crippen molar-refractivity contribution in [1.29, 1.82) is 0 Å². The molecule has 122 valence electrons. The molecule has 0 aromatic heterocycles. The van der Waals surface area contributed by atoms with Gasteiger partial charge in [-0.15, -0.1) is 0 Å². The predicted octanol–water partition coefficient (Wildman–Crippen LogP) is 1.51. The van der Waals surface area contributed by atoms with Gasteiger partial charge in [0.1, 0.15) is 11.9 Å². The molecule has 1 aliphatic rings. The van der Waals surface area contributed by atoms with E-state index in [1.54, 1.807) is 21.3 Å². The van der Waals surface area contributed by atoms with E-state index in [1.165, 1.54) is 0 Å². The molecule has 1 heterocycles. The molecule has 0 aliphatic carbocycles. The minimum atomic E-state index is -0.476. The van der Waals surface area contributed by atoms with Gasteiger partial charge in [0.25, 0.3) is 0 Å². The lowest BCUT2D eigenvalue weighted by Gasteiger charge is -2.30. The zero-order chi connectivity index (χ0) is 16.0. The van der Waals surface area contributed by atoms with E-state index < -0.39 is 5.60 Å². The van der Waals surface area contributed by atoms with Crippen LogP contribution in [0.1, 0.15) is 18.4 Å². The van der Waals surface area contributed by atoms with Gasteiger partial charge in [-0.3, -0.25) is 0 Å². The summed E-state index contributed by atoms with van der Waals surface area (Å²) in [5.74, 6) is 1.76. The van der Waals surface area contributed by atoms with Crippen molar-refractivity contribution in [2.75, 3.05) is 41.0 Å². The summed E-state index contributed by atoms with van der Waals surface area (Å²) in [7, 11) is 4.76. The molecular formula is C16H23NO5. The number of ether oxygens (including phenoxy) is 4. The van der Waals surface area contributed by atoms with Crippen LogP contribution in [0, 0.1) is 0 Å². The Morgan fingerprint density at radius 1 is 1.23 bits per heavy atom. The third-order valence-electron chi connectivity index (χ3n) is 3.93. The first kappa shape index (κ1) is 16.6. The summed E-state index contributed by atoms with van der Waals surface area (Å²) < 4.78 is 22.2. The Labute approximate surface area is 130 Å². The number of aldehydes is 1. The third kappa shape index (κ3) is 3.18. The molecule has 0 saturated carbocycles. The third-order valence-corrected chi connectivity index (χ3v) is 3.93. The summed E-state index contributed by atoms with van der Waals surface area (Å²) in [6.07, 6.45) is 2.69. The fourth-order valence-electron chi connectivity index (χ4n) is 2.84. The van der Waals surface area contributed by atoms with Crippen LogP contribution in [-0.2, 0) is 15.1 Å². The van der Waals surface area contributed by atoms with Crippen LogP contribution in [0.15, 0.2) is 12.1 Å². The van der Waals surface area contributed by atoms with Gasteiger partial charge in [0.15, 0.2) is 11.5 Å². The SMILES string of the molecule is COc1cc(C2(CNCC=O)CCCO2)cc(OC)c1OC. The van der Waals surface area contributed by atoms with Crippen molar-refractivity contribution in [3.05, 3.63) is 17.7 Å². The van der Waals surface area contributed by atoms with Crippen LogP contribution in [-0.4, -0.2) is 47.3 Å². The van der Waals surface area contributed by atoms with E-state index in [4.69, 9.17) is 18.9 Å². The van der Waals surface area contributed by atoms with Gasteiger partial charge in [0.2, 0.25) is 5.75 Å². The summed E-state index contributed by atoms with van der Waals surface area (Å²) >= 11 is 0. The van der Waals surface area contributed by atoms with Gasteiger partial charge in [-0.25, -0.2) is 0 Å². The van der Waals surface area contributed by atoms with Crippen molar-refractivity contribution in [2.45, 2.75) is 18.4 Å². The molecule has 1 aromatic rings. The zero-order valence-electron chi connectivity index (χ0n) is 13.3. The molecule has 22 heavy (non-hydrogen) atoms. The number of methoxy groups -OCH3 is 3. The van der Waals surface area contributed by atoms with Crippen LogP contribution in [0.2, 0.25) is 0 Å². The Morgan fingerprint density at radius 2 is 1.91 bits per heavy atom. The summed E-state index contributed by atoms with van der Waals surface area (Å²) in [6.45, 7) is 1.55. The largest absolute Gasteiger partial charge is 0.493 e. The van der Waals surface area contributed by atoms with Gasteiger partial charge in [-0.2, -0.15) is 0 Å². The fraction of sp³-hybridized carbons (Fsp3) is 0.562. The first-order valence-corrected chi connectivity index (χ1v) is 7.29. The molecule has 0 radical (unpaired) electrons. The Hall–Kier alpha value is -1.79. The lowest BCUT2D eigenvalue weighted by molar-refractivity contribution is -0.107. The number of carbonyl (C=O) groups is 1. The van der Waals surface area contributed by atoms with Crippen LogP contribution in [0.3, 0.4) is 0 Å². The average molecular weight is 309 g/mol. The number of benzene rings is 1. The number of rotatable bonds is 8. The van der Waals surface area contributed by atoms with Gasteiger partial charge < -0.3 is 29.1 Å². The molecule has 0 spiro atoms. The number of hydrogen-bond donors (Lipinski definition) is 1. The van der Waals surface area contributed by atoms with Crippen LogP contribution < -0.4 is 19.5 Å². The van der Waals surface area contributed by atoms with Gasteiger partial charge in [-0.05, 0) is 30.5 Å². The van der Waals surface area contributed by atoms with E-state index in [-0.39, 0.29) is 0 Å². The molecule has 1 aliphatic heterocycles. The normalized spacial score (nSPS) is 20.7. The Morgan fingerprint density at radius 3 is 2.36 bits per heavy atom. The summed E-state index contributed by atoms with van der Waals surface area (Å²) in [6, 6.07) is 3.82. The van der Waals surface area contributed by atoms with Gasteiger partial charge >= 0.3 is 0 Å². The first-order valence-electron chi connectivity index (χ1n) is 7.29. The molecule has 1 fully saturated rings. The van der Waals surface area contributed by atoms with E-state index in [2.05, 4.69) is 5.32 Å². The van der Waals surface area contributed by atoms with Gasteiger partial charge in [0, 0.05) is 13.2 Å². The Balaban J connectivity index is 2.40. The predicted molar refractivity (Wildman–Crippen MR) is 81.9 cm³/mol. The molecular weight excluding hydrogens is 286 g/mol. The standard InChI is InChI=1S/C16H23NO5/c1-19-13-9-12(10-14(20-2)15(13)21-3)16(5-4-8-22-16)11-17-6-7-18/h7,9-10,17H,4-6,8,11H2,1-3H3. The van der Waals surface area contributed by atoms with Crippen molar-refractivity contribution in [1.82, 2.24) is 5.32 Å². The van der Waals surface area contributed by atoms with Crippen LogP contribution in [0.25, 0.3) is 0 Å². The lowest BCUT2D eigenvalue weighted by atomic mass is 9.90. The molecule has 0 amide bonds. The van der Waals surface area contributed by atoms with E-state index >= 15 is 0 Å². The maximum atomic E-state index is 10.5. The van der Waals surface area contributed by atoms with Crippen molar-refractivity contribution in [3.63, 3.8) is 0 Å². The van der Waals surface area contributed by atoms with Crippen molar-refractivity contribution in [2.24, 2.45) is 0 Å². The van der Waals surface area contributed by atoms with E-state index in [0.717, 1.165) is 24.7 Å². The topological polar surface area (TPSA) is 66.0 Å². The van der Waals surface area contributed by atoms with Crippen LogP contribution >= 0.6 is 0 Å². The highest BCUT2D eigenvalue weighted by Crippen LogP contribution is 2.44. The molecule has 1 atom stereocenters. The van der Waals surface area contributed by atoms with Gasteiger partial charge in [-0.1, -0.05) is 0 Å². The van der Waals surface area contributed by atoms with Gasteiger partial charge in [0.05, 0.1) is 27.9 Å². The first-order chi connectivity index (χ1) is 10.7. The van der Waals surface area contributed by atoms with E-state index in [1.807, 2.05) is 12.1 Å². The second-order valence-electron chi connectivity index (χ2n) is 5.16. The second kappa shape index (κ2) is 7.47. The molecule has 2 rings (SSSR count). The highest BCUT2D eigenvalue weighted by atomic mass is 16.5. The Bertz CT molecular complexity index is 486. The molecule has 0 bridgehead atoms. The molecule has 6 nitrogen and oxygen atoms in total. The fourth-order valence-corrected chi connectivity index (χ4v) is 2.84. The van der Waals surface area contributed by atoms with Crippen molar-refractivity contribution in [3.8, 4) is 17.2 Å². The molecule has 6 heteroatoms. The highest BCUT2D eigenvalue weighted by molar-refractivity contribution is 5.55.